The van der Waals surface area contributed by atoms with Crippen molar-refractivity contribution in [3.05, 3.63) is 86.1 Å². The zero-order chi connectivity index (χ0) is 22.5. The maximum atomic E-state index is 12.1. The van der Waals surface area contributed by atoms with Gasteiger partial charge in [-0.3, -0.25) is 20.2 Å². The Labute approximate surface area is 192 Å². The van der Waals surface area contributed by atoms with Crippen LogP contribution in [0.3, 0.4) is 0 Å². The maximum Gasteiger partial charge on any atom is 0.271 e. The van der Waals surface area contributed by atoms with E-state index in [2.05, 4.69) is 10.6 Å². The first kappa shape index (κ1) is 22.5. The standard InChI is InChI=1S/C21H15Cl2N3O4S/c1-12-2-4-14(26(28)29)11-18(12)24-21(31)25-20(27)9-6-15-5-8-19(30-15)16-7-3-13(22)10-17(16)23/h2-11H,1H3,(H2,24,25,27,31)/b9-6+. The maximum absolute atomic E-state index is 12.1. The first-order valence-electron chi connectivity index (χ1n) is 8.83. The highest BCUT2D eigenvalue weighted by Crippen LogP contribution is 2.31. The van der Waals surface area contributed by atoms with E-state index in [1.165, 1.54) is 24.3 Å². The fourth-order valence-corrected chi connectivity index (χ4v) is 3.31. The van der Waals surface area contributed by atoms with Crippen molar-refractivity contribution in [2.45, 2.75) is 6.92 Å². The Hall–Kier alpha value is -3.20. The van der Waals surface area contributed by atoms with Gasteiger partial charge in [0.15, 0.2) is 5.11 Å². The molecule has 31 heavy (non-hydrogen) atoms. The molecule has 0 spiro atoms. The van der Waals surface area contributed by atoms with Crippen LogP contribution in [0.2, 0.25) is 10.0 Å². The first-order valence-corrected chi connectivity index (χ1v) is 9.99. The van der Waals surface area contributed by atoms with Crippen molar-refractivity contribution in [3.63, 3.8) is 0 Å². The van der Waals surface area contributed by atoms with Gasteiger partial charge in [-0.25, -0.2) is 0 Å². The van der Waals surface area contributed by atoms with Crippen LogP contribution in [0.25, 0.3) is 17.4 Å². The molecule has 0 radical (unpaired) electrons. The second-order valence-corrected chi connectivity index (χ2v) is 7.61. The lowest BCUT2D eigenvalue weighted by Crippen LogP contribution is -2.33. The van der Waals surface area contributed by atoms with Crippen LogP contribution in [0.5, 0.6) is 0 Å². The molecule has 1 amide bonds. The SMILES string of the molecule is Cc1ccc([N+](=O)[O-])cc1NC(=S)NC(=O)/C=C/c1ccc(-c2ccc(Cl)cc2Cl)o1. The topological polar surface area (TPSA) is 97.4 Å². The van der Waals surface area contributed by atoms with Crippen LogP contribution in [0.4, 0.5) is 11.4 Å². The van der Waals surface area contributed by atoms with Crippen LogP contribution >= 0.6 is 35.4 Å². The molecule has 0 unspecified atom stereocenters. The third-order valence-corrected chi connectivity index (χ3v) is 4.89. The zero-order valence-corrected chi connectivity index (χ0v) is 18.3. The molecule has 0 aliphatic carbocycles. The summed E-state index contributed by atoms with van der Waals surface area (Å²) in [5.74, 6) is 0.465. The highest BCUT2D eigenvalue weighted by molar-refractivity contribution is 7.80. The van der Waals surface area contributed by atoms with Crippen molar-refractivity contribution in [2.75, 3.05) is 5.32 Å². The van der Waals surface area contributed by atoms with Gasteiger partial charge in [0.1, 0.15) is 11.5 Å². The normalized spacial score (nSPS) is 10.8. The number of nitrogens with one attached hydrogen (secondary N) is 2. The molecule has 0 bridgehead atoms. The molecule has 0 saturated heterocycles. The van der Waals surface area contributed by atoms with E-state index in [1.807, 2.05) is 0 Å². The molecule has 0 fully saturated rings. The second-order valence-electron chi connectivity index (χ2n) is 6.36. The molecule has 1 heterocycles. The average molecular weight is 476 g/mol. The number of furan rings is 1. The Balaban J connectivity index is 1.62. The van der Waals surface area contributed by atoms with E-state index in [1.54, 1.807) is 43.3 Å². The fourth-order valence-electron chi connectivity index (χ4n) is 2.60. The van der Waals surface area contributed by atoms with Crippen LogP contribution in [0, 0.1) is 17.0 Å². The minimum absolute atomic E-state index is 0.00586. The van der Waals surface area contributed by atoms with Gasteiger partial charge >= 0.3 is 0 Å². The molecule has 0 aliphatic heterocycles. The number of carbonyl (C=O) groups is 1. The number of anilines is 1. The molecular formula is C21H15Cl2N3O4S. The molecule has 3 aromatic rings. The van der Waals surface area contributed by atoms with E-state index >= 15 is 0 Å². The molecule has 0 aliphatic rings. The monoisotopic (exact) mass is 475 g/mol. The van der Waals surface area contributed by atoms with Crippen LogP contribution in [-0.4, -0.2) is 15.9 Å². The van der Waals surface area contributed by atoms with Crippen molar-refractivity contribution in [3.8, 4) is 11.3 Å². The number of nitro benzene ring substituents is 1. The molecule has 3 rings (SSSR count). The summed E-state index contributed by atoms with van der Waals surface area (Å²) >= 11 is 17.2. The summed E-state index contributed by atoms with van der Waals surface area (Å²) < 4.78 is 5.69. The van der Waals surface area contributed by atoms with Crippen LogP contribution < -0.4 is 10.6 Å². The highest BCUT2D eigenvalue weighted by Gasteiger charge is 2.11. The molecule has 0 saturated carbocycles. The Morgan fingerprint density at radius 2 is 1.94 bits per heavy atom. The lowest BCUT2D eigenvalue weighted by molar-refractivity contribution is -0.384. The summed E-state index contributed by atoms with van der Waals surface area (Å²) in [5.41, 5.74) is 1.75. The molecule has 7 nitrogen and oxygen atoms in total. The third-order valence-electron chi connectivity index (χ3n) is 4.14. The van der Waals surface area contributed by atoms with Crippen LogP contribution in [0.1, 0.15) is 11.3 Å². The Morgan fingerprint density at radius 3 is 2.65 bits per heavy atom. The Bertz CT molecular complexity index is 1210. The van der Waals surface area contributed by atoms with Gasteiger partial charge in [0.05, 0.1) is 9.95 Å². The predicted octanol–water partition coefficient (Wildman–Crippen LogP) is 6.00. The number of halogens is 2. The summed E-state index contributed by atoms with van der Waals surface area (Å²) in [6.07, 6.45) is 2.73. The lowest BCUT2D eigenvalue weighted by Gasteiger charge is -2.10. The number of rotatable bonds is 5. The van der Waals surface area contributed by atoms with Crippen molar-refractivity contribution in [2.24, 2.45) is 0 Å². The van der Waals surface area contributed by atoms with Gasteiger partial charge in [-0.05, 0) is 61.1 Å². The van der Waals surface area contributed by atoms with Crippen molar-refractivity contribution in [1.29, 1.82) is 0 Å². The van der Waals surface area contributed by atoms with Crippen molar-refractivity contribution < 1.29 is 14.1 Å². The summed E-state index contributed by atoms with van der Waals surface area (Å²) in [4.78, 5) is 22.5. The smallest absolute Gasteiger partial charge is 0.271 e. The number of hydrogen-bond donors (Lipinski definition) is 2. The minimum atomic E-state index is -0.510. The van der Waals surface area contributed by atoms with Gasteiger partial charge in [0.25, 0.3) is 5.69 Å². The fraction of sp³-hybridized carbons (Fsp3) is 0.0476. The predicted molar refractivity (Wildman–Crippen MR) is 125 cm³/mol. The van der Waals surface area contributed by atoms with Crippen molar-refractivity contribution >= 4 is 63.9 Å². The number of aryl methyl sites for hydroxylation is 1. The van der Waals surface area contributed by atoms with Gasteiger partial charge in [-0.15, -0.1) is 0 Å². The number of thiocarbonyl (C=S) groups is 1. The Morgan fingerprint density at radius 1 is 1.16 bits per heavy atom. The second kappa shape index (κ2) is 9.74. The molecular weight excluding hydrogens is 461 g/mol. The number of hydrogen-bond acceptors (Lipinski definition) is 5. The van der Waals surface area contributed by atoms with Gasteiger partial charge in [0.2, 0.25) is 5.91 Å². The molecule has 10 heteroatoms. The summed E-state index contributed by atoms with van der Waals surface area (Å²) in [6, 6.07) is 12.8. The zero-order valence-electron chi connectivity index (χ0n) is 16.0. The van der Waals surface area contributed by atoms with Gasteiger partial charge in [0, 0.05) is 34.5 Å². The molecule has 1 aromatic heterocycles. The van der Waals surface area contributed by atoms with Crippen LogP contribution in [0.15, 0.2) is 59.0 Å². The lowest BCUT2D eigenvalue weighted by atomic mass is 10.2. The number of non-ortho nitro benzene ring substituents is 1. The largest absolute Gasteiger partial charge is 0.457 e. The molecule has 158 valence electrons. The summed E-state index contributed by atoms with van der Waals surface area (Å²) in [6.45, 7) is 1.76. The number of carbonyl (C=O) groups excluding carboxylic acids is 1. The van der Waals surface area contributed by atoms with Gasteiger partial charge in [-0.1, -0.05) is 29.3 Å². The van der Waals surface area contributed by atoms with Gasteiger partial charge in [-0.2, -0.15) is 0 Å². The van der Waals surface area contributed by atoms with E-state index < -0.39 is 10.8 Å². The summed E-state index contributed by atoms with van der Waals surface area (Å²) in [5, 5.41) is 17.1. The van der Waals surface area contributed by atoms with E-state index in [-0.39, 0.29) is 10.8 Å². The van der Waals surface area contributed by atoms with Crippen molar-refractivity contribution in [1.82, 2.24) is 5.32 Å². The minimum Gasteiger partial charge on any atom is -0.457 e. The number of nitro groups is 1. The average Bonchev–Trinajstić information content (AvgIpc) is 3.16. The van der Waals surface area contributed by atoms with Gasteiger partial charge < -0.3 is 9.73 Å². The third kappa shape index (κ3) is 5.91. The van der Waals surface area contributed by atoms with E-state index in [0.717, 1.165) is 5.56 Å². The summed E-state index contributed by atoms with van der Waals surface area (Å²) in [7, 11) is 0. The number of nitrogens with zero attached hydrogens (tertiary/aromatic N) is 1. The van der Waals surface area contributed by atoms with E-state index in [9.17, 15) is 14.9 Å². The number of amides is 1. The molecule has 2 N–H and O–H groups in total. The number of benzene rings is 2. The quantitative estimate of drug-likeness (QED) is 0.203. The van der Waals surface area contributed by atoms with E-state index in [4.69, 9.17) is 39.8 Å². The highest BCUT2D eigenvalue weighted by atomic mass is 35.5. The molecule has 2 aromatic carbocycles. The Kier molecular flexibility index (Phi) is 7.06. The first-order chi connectivity index (χ1) is 14.7. The molecule has 0 atom stereocenters. The van der Waals surface area contributed by atoms with Crippen LogP contribution in [-0.2, 0) is 4.79 Å². The van der Waals surface area contributed by atoms with E-state index in [0.29, 0.717) is 32.8 Å².